The Bertz CT molecular complexity index is 1010. The molecule has 2 aromatic carbocycles. The smallest absolute Gasteiger partial charge is 0.294 e. The van der Waals surface area contributed by atoms with Crippen molar-refractivity contribution < 1.29 is 4.74 Å². The summed E-state index contributed by atoms with van der Waals surface area (Å²) in [5.74, 6) is 0.847. The predicted octanol–water partition coefficient (Wildman–Crippen LogP) is 3.30. The third-order valence-electron chi connectivity index (χ3n) is 3.72. The fraction of sp³-hybridized carbons (Fsp3) is 0.111. The number of para-hydroxylation sites is 1. The zero-order chi connectivity index (χ0) is 19.2. The molecule has 0 spiro atoms. The first-order chi connectivity index (χ1) is 13.1. The van der Waals surface area contributed by atoms with Crippen LogP contribution in [0.3, 0.4) is 0 Å². The van der Waals surface area contributed by atoms with Crippen LogP contribution in [-0.2, 0) is 6.54 Å². The van der Waals surface area contributed by atoms with Crippen molar-refractivity contribution >= 4 is 34.5 Å². The van der Waals surface area contributed by atoms with Gasteiger partial charge in [0, 0.05) is 5.69 Å². The van der Waals surface area contributed by atoms with E-state index in [4.69, 9.17) is 22.7 Å². The fourth-order valence-electron chi connectivity index (χ4n) is 2.31. The van der Waals surface area contributed by atoms with Crippen molar-refractivity contribution in [2.75, 3.05) is 18.2 Å². The highest BCUT2D eigenvalue weighted by atomic mass is 32.1. The number of aromatic amines is 1. The molecule has 0 bridgehead atoms. The minimum Gasteiger partial charge on any atom is -0.497 e. The number of anilines is 2. The Hall–Kier alpha value is -3.46. The molecule has 0 unspecified atom stereocenters. The lowest BCUT2D eigenvalue weighted by Crippen LogP contribution is -2.23. The molecule has 0 aliphatic rings. The lowest BCUT2D eigenvalue weighted by molar-refractivity contribution is 0.414. The standard InChI is InChI=1S/C18H18N6O2S/c1-26-14-9-7-12(8-10-14)11-20-22-15-16(19)24(23-17(15)25)18(27)21-13-5-3-2-4-6-13/h2-10H,11,19H2,1H3,(H,21,27)(H,23,25). The molecule has 27 heavy (non-hydrogen) atoms. The van der Waals surface area contributed by atoms with Crippen LogP contribution in [0.4, 0.5) is 17.2 Å². The van der Waals surface area contributed by atoms with Crippen molar-refractivity contribution in [2.45, 2.75) is 6.54 Å². The van der Waals surface area contributed by atoms with Gasteiger partial charge in [0.05, 0.1) is 13.7 Å². The minimum atomic E-state index is -0.469. The number of hydrogen-bond acceptors (Lipinski definition) is 6. The highest BCUT2D eigenvalue weighted by molar-refractivity contribution is 7.80. The molecule has 0 saturated heterocycles. The van der Waals surface area contributed by atoms with Crippen LogP contribution in [0.2, 0.25) is 0 Å². The third kappa shape index (κ3) is 4.39. The molecular weight excluding hydrogens is 364 g/mol. The Morgan fingerprint density at radius 2 is 1.93 bits per heavy atom. The van der Waals surface area contributed by atoms with Gasteiger partial charge >= 0.3 is 0 Å². The van der Waals surface area contributed by atoms with Crippen LogP contribution in [-0.4, -0.2) is 22.0 Å². The summed E-state index contributed by atoms with van der Waals surface area (Å²) in [4.78, 5) is 12.1. The Balaban J connectivity index is 1.73. The van der Waals surface area contributed by atoms with E-state index in [1.54, 1.807) is 7.11 Å². The first kappa shape index (κ1) is 18.3. The molecule has 1 heterocycles. The Morgan fingerprint density at radius 3 is 2.59 bits per heavy atom. The van der Waals surface area contributed by atoms with Gasteiger partial charge in [-0.1, -0.05) is 30.3 Å². The molecule has 138 valence electrons. The predicted molar refractivity (Wildman–Crippen MR) is 109 cm³/mol. The van der Waals surface area contributed by atoms with Crippen LogP contribution in [0, 0.1) is 0 Å². The summed E-state index contributed by atoms with van der Waals surface area (Å²) in [5.41, 5.74) is 7.26. The van der Waals surface area contributed by atoms with Crippen molar-refractivity contribution in [1.29, 1.82) is 0 Å². The van der Waals surface area contributed by atoms with Gasteiger partial charge in [-0.15, -0.1) is 5.11 Å². The van der Waals surface area contributed by atoms with E-state index in [-0.39, 0.29) is 16.6 Å². The van der Waals surface area contributed by atoms with E-state index in [2.05, 4.69) is 20.6 Å². The second-order valence-electron chi connectivity index (χ2n) is 5.55. The molecule has 0 aliphatic heterocycles. The molecule has 1 aromatic heterocycles. The molecule has 0 amide bonds. The minimum absolute atomic E-state index is 0.0146. The molecule has 0 saturated carbocycles. The molecule has 9 heteroatoms. The quantitative estimate of drug-likeness (QED) is 0.463. The highest BCUT2D eigenvalue weighted by Crippen LogP contribution is 2.18. The largest absolute Gasteiger partial charge is 0.497 e. The maximum atomic E-state index is 12.1. The molecule has 0 atom stereocenters. The number of benzene rings is 2. The van der Waals surface area contributed by atoms with Crippen LogP contribution in [0.25, 0.3) is 0 Å². The van der Waals surface area contributed by atoms with Crippen molar-refractivity contribution in [3.8, 4) is 5.75 Å². The number of thiocarbonyl (C=S) groups is 1. The van der Waals surface area contributed by atoms with Gasteiger partial charge in [-0.05, 0) is 42.0 Å². The zero-order valence-electron chi connectivity index (χ0n) is 14.5. The van der Waals surface area contributed by atoms with Crippen LogP contribution in [0.5, 0.6) is 5.75 Å². The lowest BCUT2D eigenvalue weighted by Gasteiger charge is -2.09. The first-order valence-electron chi connectivity index (χ1n) is 8.06. The average Bonchev–Trinajstić information content (AvgIpc) is 2.97. The number of nitrogens with two attached hydrogens (primary N) is 1. The van der Waals surface area contributed by atoms with Gasteiger partial charge in [0.2, 0.25) is 0 Å². The summed E-state index contributed by atoms with van der Waals surface area (Å²) in [7, 11) is 1.60. The third-order valence-corrected chi connectivity index (χ3v) is 4.01. The maximum absolute atomic E-state index is 12.1. The summed E-state index contributed by atoms with van der Waals surface area (Å²) >= 11 is 5.29. The number of rotatable bonds is 5. The van der Waals surface area contributed by atoms with Crippen molar-refractivity contribution in [3.63, 3.8) is 0 Å². The van der Waals surface area contributed by atoms with E-state index >= 15 is 0 Å². The number of H-pyrrole nitrogens is 1. The van der Waals surface area contributed by atoms with Gasteiger partial charge in [-0.3, -0.25) is 9.89 Å². The van der Waals surface area contributed by atoms with Gasteiger partial charge in [0.1, 0.15) is 5.75 Å². The zero-order valence-corrected chi connectivity index (χ0v) is 15.4. The van der Waals surface area contributed by atoms with Crippen molar-refractivity contribution in [3.05, 3.63) is 70.5 Å². The topological polar surface area (TPSA) is 110 Å². The summed E-state index contributed by atoms with van der Waals surface area (Å²) < 4.78 is 6.38. The Labute approximate surface area is 160 Å². The Kier molecular flexibility index (Phi) is 5.62. The van der Waals surface area contributed by atoms with E-state index < -0.39 is 5.56 Å². The number of methoxy groups -OCH3 is 1. The lowest BCUT2D eigenvalue weighted by atomic mass is 10.2. The number of nitrogen functional groups attached to an aromatic ring is 1. The fourth-order valence-corrected chi connectivity index (χ4v) is 2.58. The molecule has 4 N–H and O–H groups in total. The first-order valence-corrected chi connectivity index (χ1v) is 8.46. The summed E-state index contributed by atoms with van der Waals surface area (Å²) in [6.07, 6.45) is 0. The van der Waals surface area contributed by atoms with Crippen LogP contribution < -0.4 is 21.3 Å². The average molecular weight is 382 g/mol. The van der Waals surface area contributed by atoms with Gasteiger partial charge < -0.3 is 15.8 Å². The number of aromatic nitrogens is 2. The van der Waals surface area contributed by atoms with Crippen molar-refractivity contribution in [1.82, 2.24) is 9.78 Å². The number of nitrogens with zero attached hydrogens (tertiary/aromatic N) is 3. The van der Waals surface area contributed by atoms with E-state index in [0.717, 1.165) is 17.0 Å². The van der Waals surface area contributed by atoms with Gasteiger partial charge in [-0.25, -0.2) is 4.68 Å². The van der Waals surface area contributed by atoms with E-state index in [1.807, 2.05) is 54.6 Å². The van der Waals surface area contributed by atoms with Crippen LogP contribution in [0.1, 0.15) is 5.56 Å². The van der Waals surface area contributed by atoms with Crippen LogP contribution >= 0.6 is 12.2 Å². The van der Waals surface area contributed by atoms with Crippen LogP contribution in [0.15, 0.2) is 69.6 Å². The number of azo groups is 1. The maximum Gasteiger partial charge on any atom is 0.294 e. The molecule has 3 rings (SSSR count). The molecule has 0 aliphatic carbocycles. The van der Waals surface area contributed by atoms with E-state index in [1.165, 1.54) is 4.68 Å². The van der Waals surface area contributed by atoms with Gasteiger partial charge in [-0.2, -0.15) is 5.11 Å². The normalized spacial score (nSPS) is 10.9. The monoisotopic (exact) mass is 382 g/mol. The second kappa shape index (κ2) is 8.28. The highest BCUT2D eigenvalue weighted by Gasteiger charge is 2.14. The van der Waals surface area contributed by atoms with Gasteiger partial charge in [0.15, 0.2) is 16.6 Å². The SMILES string of the molecule is COc1ccc(CN=Nc2c(N)n(C(=S)Nc3ccccc3)[nH]c2=O)cc1. The number of ether oxygens (including phenoxy) is 1. The summed E-state index contributed by atoms with van der Waals surface area (Å²) in [5, 5.41) is 13.8. The van der Waals surface area contributed by atoms with Gasteiger partial charge in [0.25, 0.3) is 5.56 Å². The molecule has 0 fully saturated rings. The summed E-state index contributed by atoms with van der Waals surface area (Å²) in [6, 6.07) is 16.7. The molecular formula is C18H18N6O2S. The van der Waals surface area contributed by atoms with E-state index in [0.29, 0.717) is 6.54 Å². The number of hydrogen-bond donors (Lipinski definition) is 3. The molecule has 8 nitrogen and oxygen atoms in total. The Morgan fingerprint density at radius 1 is 1.22 bits per heavy atom. The summed E-state index contributed by atoms with van der Waals surface area (Å²) in [6.45, 7) is 0.306. The number of nitrogens with one attached hydrogen (secondary N) is 2. The second-order valence-corrected chi connectivity index (χ2v) is 5.94. The molecule has 0 radical (unpaired) electrons. The van der Waals surface area contributed by atoms with Crippen molar-refractivity contribution in [2.24, 2.45) is 10.2 Å². The molecule has 3 aromatic rings. The van der Waals surface area contributed by atoms with E-state index in [9.17, 15) is 4.79 Å².